The fourth-order valence-corrected chi connectivity index (χ4v) is 3.54. The molecule has 1 N–H and O–H groups in total. The van der Waals surface area contributed by atoms with Crippen molar-refractivity contribution in [2.75, 3.05) is 13.2 Å². The molecule has 112 valence electrons. The lowest BCUT2D eigenvalue weighted by atomic mass is 9.82. The first kappa shape index (κ1) is 13.7. The van der Waals surface area contributed by atoms with Crippen LogP contribution in [0.4, 0.5) is 8.78 Å². The van der Waals surface area contributed by atoms with Gasteiger partial charge >= 0.3 is 18.0 Å². The number of esters is 1. The van der Waals surface area contributed by atoms with Gasteiger partial charge in [0.1, 0.15) is 6.10 Å². The molecule has 4 aliphatic rings. The number of alkyl halides is 2. The summed E-state index contributed by atoms with van der Waals surface area (Å²) in [6.07, 6.45) is -3.10. The third kappa shape index (κ3) is 2.07. The van der Waals surface area contributed by atoms with E-state index in [1.807, 2.05) is 0 Å². The second-order valence-electron chi connectivity index (χ2n) is 5.41. The van der Waals surface area contributed by atoms with Gasteiger partial charge in [0.2, 0.25) is 0 Å². The summed E-state index contributed by atoms with van der Waals surface area (Å²) in [7, 11) is 0. The molecule has 2 aliphatic carbocycles. The molecule has 8 heteroatoms. The van der Waals surface area contributed by atoms with Gasteiger partial charge in [-0.3, -0.25) is 4.79 Å². The van der Waals surface area contributed by atoms with Crippen molar-refractivity contribution in [1.29, 1.82) is 0 Å². The molecule has 2 saturated carbocycles. The maximum Gasteiger partial charge on any atom is 0.456 e. The molecule has 4 rings (SSSR count). The summed E-state index contributed by atoms with van der Waals surface area (Å²) in [6, 6.07) is 0. The van der Waals surface area contributed by atoms with E-state index in [-0.39, 0.29) is 36.6 Å². The zero-order valence-corrected chi connectivity index (χ0v) is 10.5. The van der Waals surface area contributed by atoms with Crippen LogP contribution >= 0.6 is 0 Å². The minimum absolute atomic E-state index is 0.0891. The van der Waals surface area contributed by atoms with Gasteiger partial charge in [-0.2, -0.15) is 8.78 Å². The second kappa shape index (κ2) is 4.63. The zero-order valence-electron chi connectivity index (χ0n) is 10.5. The van der Waals surface area contributed by atoms with Gasteiger partial charge in [-0.05, 0) is 18.8 Å². The molecule has 20 heavy (non-hydrogen) atoms. The number of hydrogen-bond acceptors (Lipinski definition) is 5. The van der Waals surface area contributed by atoms with Crippen LogP contribution in [-0.4, -0.2) is 48.6 Å². The van der Waals surface area contributed by atoms with E-state index >= 15 is 0 Å². The van der Waals surface area contributed by atoms with Gasteiger partial charge in [0.15, 0.2) is 0 Å². The van der Waals surface area contributed by atoms with Crippen LogP contribution in [0.1, 0.15) is 12.8 Å². The minimum Gasteiger partial charge on any atom is -0.475 e. The number of fused-ring (bicyclic) bond motifs is 1. The normalized spacial score (nSPS) is 38.3. The Bertz CT molecular complexity index is 438. The fourth-order valence-electron chi connectivity index (χ4n) is 3.54. The highest BCUT2D eigenvalue weighted by atomic mass is 19.3. The molecular weight excluding hydrogens is 278 g/mol. The Balaban J connectivity index is 1.47. The zero-order chi connectivity index (χ0) is 14.5. The Morgan fingerprint density at radius 3 is 2.80 bits per heavy atom. The van der Waals surface area contributed by atoms with Crippen LogP contribution in [0.15, 0.2) is 0 Å². The lowest BCUT2D eigenvalue weighted by molar-refractivity contribution is -0.252. The summed E-state index contributed by atoms with van der Waals surface area (Å²) in [6.45, 7) is -0.684. The molecule has 0 spiro atoms. The number of carboxylic acids is 1. The van der Waals surface area contributed by atoms with Crippen LogP contribution in [0.2, 0.25) is 0 Å². The molecule has 2 saturated heterocycles. The topological polar surface area (TPSA) is 82.1 Å². The Kier molecular flexibility index (Phi) is 3.17. The average molecular weight is 292 g/mol. The molecule has 2 heterocycles. The number of carbonyl (C=O) groups excluding carboxylic acids is 1. The van der Waals surface area contributed by atoms with E-state index in [1.54, 1.807) is 0 Å². The van der Waals surface area contributed by atoms with Gasteiger partial charge in [-0.1, -0.05) is 0 Å². The van der Waals surface area contributed by atoms with Gasteiger partial charge in [-0.25, -0.2) is 4.79 Å². The lowest BCUT2D eigenvalue weighted by Crippen LogP contribution is -2.50. The van der Waals surface area contributed by atoms with Crippen molar-refractivity contribution in [3.05, 3.63) is 0 Å². The largest absolute Gasteiger partial charge is 0.475 e. The number of halogens is 2. The first-order valence-corrected chi connectivity index (χ1v) is 6.47. The van der Waals surface area contributed by atoms with Crippen molar-refractivity contribution in [1.82, 2.24) is 0 Å². The quantitative estimate of drug-likeness (QED) is 0.571. The summed E-state index contributed by atoms with van der Waals surface area (Å²) in [4.78, 5) is 21.7. The molecule has 2 aliphatic heterocycles. The number of aliphatic carboxylic acids is 1. The van der Waals surface area contributed by atoms with Gasteiger partial charge < -0.3 is 19.3 Å². The molecule has 0 amide bonds. The van der Waals surface area contributed by atoms with Crippen molar-refractivity contribution in [2.24, 2.45) is 17.8 Å². The molecule has 0 radical (unpaired) electrons. The van der Waals surface area contributed by atoms with Gasteiger partial charge in [0.05, 0.1) is 25.2 Å². The molecule has 5 unspecified atom stereocenters. The van der Waals surface area contributed by atoms with Crippen LogP contribution in [0, 0.1) is 17.8 Å². The van der Waals surface area contributed by atoms with E-state index in [0.717, 1.165) is 12.8 Å². The van der Waals surface area contributed by atoms with E-state index in [2.05, 4.69) is 4.74 Å². The van der Waals surface area contributed by atoms with Crippen molar-refractivity contribution in [3.63, 3.8) is 0 Å². The molecular formula is C12H14F2O6. The monoisotopic (exact) mass is 292 g/mol. The number of ether oxygens (including phenoxy) is 3. The summed E-state index contributed by atoms with van der Waals surface area (Å²) >= 11 is 0. The Hall–Kier alpha value is -1.28. The Morgan fingerprint density at radius 2 is 2.15 bits per heavy atom. The predicted molar refractivity (Wildman–Crippen MR) is 57.9 cm³/mol. The third-order valence-corrected chi connectivity index (χ3v) is 4.34. The van der Waals surface area contributed by atoms with E-state index in [4.69, 9.17) is 14.6 Å². The van der Waals surface area contributed by atoms with Crippen LogP contribution < -0.4 is 0 Å². The summed E-state index contributed by atoms with van der Waals surface area (Å²) in [5, 5.41) is 8.18. The van der Waals surface area contributed by atoms with Crippen LogP contribution in [0.25, 0.3) is 0 Å². The standard InChI is InChI=1S/C12H14F2O6/c13-12(14,11(16)17)19-2-1-18-9-6-3-5-4-7(6)10(15)20-8(5)9/h5-9H,1-4H2,(H,16,17). The highest BCUT2D eigenvalue weighted by molar-refractivity contribution is 5.76. The first-order chi connectivity index (χ1) is 9.40. The maximum absolute atomic E-state index is 12.7. The number of carbonyl (C=O) groups is 2. The molecule has 0 aromatic carbocycles. The van der Waals surface area contributed by atoms with Crippen molar-refractivity contribution in [2.45, 2.75) is 31.2 Å². The van der Waals surface area contributed by atoms with Crippen LogP contribution in [0.5, 0.6) is 0 Å². The molecule has 4 bridgehead atoms. The molecule has 0 aromatic rings. The van der Waals surface area contributed by atoms with Crippen molar-refractivity contribution in [3.8, 4) is 0 Å². The highest BCUT2D eigenvalue weighted by Gasteiger charge is 2.62. The summed E-state index contributed by atoms with van der Waals surface area (Å²) in [5.74, 6) is -2.27. The van der Waals surface area contributed by atoms with E-state index in [1.165, 1.54) is 0 Å². The van der Waals surface area contributed by atoms with Gasteiger partial charge in [0.25, 0.3) is 0 Å². The maximum atomic E-state index is 12.7. The van der Waals surface area contributed by atoms with Gasteiger partial charge in [0, 0.05) is 5.92 Å². The Labute approximate surface area is 113 Å². The third-order valence-electron chi connectivity index (χ3n) is 4.34. The van der Waals surface area contributed by atoms with E-state index < -0.39 is 18.7 Å². The fraction of sp³-hybridized carbons (Fsp3) is 0.833. The molecule has 5 atom stereocenters. The van der Waals surface area contributed by atoms with Crippen molar-refractivity contribution >= 4 is 11.9 Å². The average Bonchev–Trinajstić information content (AvgIpc) is 2.90. The molecule has 0 aromatic heterocycles. The smallest absolute Gasteiger partial charge is 0.456 e. The SMILES string of the molecule is O=C1OC2C3CC1C(C3)C2OCCOC(F)(F)C(=O)O. The van der Waals surface area contributed by atoms with Crippen LogP contribution in [-0.2, 0) is 23.8 Å². The molecule has 4 fully saturated rings. The summed E-state index contributed by atoms with van der Waals surface area (Å²) < 4.78 is 40.0. The second-order valence-corrected chi connectivity index (χ2v) is 5.41. The van der Waals surface area contributed by atoms with E-state index in [9.17, 15) is 18.4 Å². The predicted octanol–water partition coefficient (Wildman–Crippen LogP) is 0.647. The first-order valence-electron chi connectivity index (χ1n) is 6.47. The lowest BCUT2D eigenvalue weighted by Gasteiger charge is -2.40. The number of hydrogen-bond donors (Lipinski definition) is 1. The van der Waals surface area contributed by atoms with Gasteiger partial charge in [-0.15, -0.1) is 0 Å². The van der Waals surface area contributed by atoms with Crippen LogP contribution in [0.3, 0.4) is 0 Å². The van der Waals surface area contributed by atoms with Crippen molar-refractivity contribution < 1.29 is 37.7 Å². The number of carboxylic acid groups (broad SMARTS) is 1. The number of rotatable bonds is 6. The summed E-state index contributed by atoms with van der Waals surface area (Å²) in [5.41, 5.74) is 0. The Morgan fingerprint density at radius 1 is 1.40 bits per heavy atom. The van der Waals surface area contributed by atoms with E-state index in [0.29, 0.717) is 5.92 Å². The molecule has 6 nitrogen and oxygen atoms in total. The minimum atomic E-state index is -4.20. The highest BCUT2D eigenvalue weighted by Crippen LogP contribution is 2.55.